The molecule has 2 heterocycles. The molecule has 0 bridgehead atoms. The van der Waals surface area contributed by atoms with E-state index in [4.69, 9.17) is 12.2 Å². The summed E-state index contributed by atoms with van der Waals surface area (Å²) in [5.41, 5.74) is 6.26. The summed E-state index contributed by atoms with van der Waals surface area (Å²) in [7, 11) is 0. The number of benzene rings is 1. The van der Waals surface area contributed by atoms with Gasteiger partial charge in [0.2, 0.25) is 0 Å². The smallest absolute Gasteiger partial charge is 0.265 e. The number of nitrogens with one attached hydrogen (secondary N) is 1. The van der Waals surface area contributed by atoms with E-state index < -0.39 is 5.91 Å². The summed E-state index contributed by atoms with van der Waals surface area (Å²) < 4.78 is 3.23. The molecule has 0 unspecified atom stereocenters. The lowest BCUT2D eigenvalue weighted by atomic mass is 10.1. The van der Waals surface area contributed by atoms with E-state index >= 15 is 0 Å². The van der Waals surface area contributed by atoms with Crippen molar-refractivity contribution in [3.05, 3.63) is 56.3 Å². The minimum atomic E-state index is -0.458. The van der Waals surface area contributed by atoms with Crippen molar-refractivity contribution >= 4 is 51.2 Å². The van der Waals surface area contributed by atoms with Crippen LogP contribution in [0.4, 0.5) is 0 Å². The molecule has 0 radical (unpaired) electrons. The molecule has 0 spiro atoms. The number of aryl methyl sites for hydroxylation is 3. The first kappa shape index (κ1) is 20.5. The first-order valence-electron chi connectivity index (χ1n) is 9.00. The summed E-state index contributed by atoms with van der Waals surface area (Å²) in [5.74, 6) is -0.823. The Morgan fingerprint density at radius 1 is 1.11 bits per heavy atom. The number of halogens is 1. The zero-order valence-electron chi connectivity index (χ0n) is 16.5. The van der Waals surface area contributed by atoms with E-state index in [1.165, 1.54) is 4.90 Å². The third kappa shape index (κ3) is 3.44. The fourth-order valence-electron chi connectivity index (χ4n) is 3.52. The summed E-state index contributed by atoms with van der Waals surface area (Å²) in [5, 5.41) is 2.75. The fraction of sp³-hybridized carbons (Fsp3) is 0.286. The van der Waals surface area contributed by atoms with Gasteiger partial charge < -0.3 is 4.57 Å². The maximum absolute atomic E-state index is 12.7. The van der Waals surface area contributed by atoms with Crippen LogP contribution in [0.25, 0.3) is 11.8 Å². The summed E-state index contributed by atoms with van der Waals surface area (Å²) in [6, 6.07) is 6.21. The predicted octanol–water partition coefficient (Wildman–Crippen LogP) is 4.12. The highest BCUT2D eigenvalue weighted by molar-refractivity contribution is 9.10. The summed E-state index contributed by atoms with van der Waals surface area (Å²) >= 11 is 8.69. The monoisotopic (exact) mass is 459 g/mol. The van der Waals surface area contributed by atoms with Crippen LogP contribution >= 0.6 is 28.1 Å². The SMILES string of the molecule is CCN1C(=O)/C(=C/c2cc(C)n(-c3cc(C)c(Br)c(C)c3)c2C)C(=O)NC1=S. The normalized spacial score (nSPS) is 16.1. The van der Waals surface area contributed by atoms with E-state index in [0.29, 0.717) is 6.54 Å². The van der Waals surface area contributed by atoms with Crippen LogP contribution in [-0.2, 0) is 9.59 Å². The number of nitrogens with zero attached hydrogens (tertiary/aromatic N) is 2. The molecule has 1 saturated heterocycles. The second-order valence-corrected chi connectivity index (χ2v) is 8.10. The van der Waals surface area contributed by atoms with Crippen LogP contribution in [0.15, 0.2) is 28.2 Å². The van der Waals surface area contributed by atoms with Crippen LogP contribution in [0.2, 0.25) is 0 Å². The van der Waals surface area contributed by atoms with Crippen LogP contribution in [0.3, 0.4) is 0 Å². The zero-order valence-corrected chi connectivity index (χ0v) is 18.9. The van der Waals surface area contributed by atoms with Gasteiger partial charge in [0.15, 0.2) is 5.11 Å². The van der Waals surface area contributed by atoms with Crippen molar-refractivity contribution in [2.75, 3.05) is 6.54 Å². The van der Waals surface area contributed by atoms with Crippen LogP contribution in [0.1, 0.15) is 35.0 Å². The van der Waals surface area contributed by atoms with Crippen LogP contribution < -0.4 is 5.32 Å². The Hall–Kier alpha value is -2.25. The molecule has 2 amide bonds. The van der Waals surface area contributed by atoms with Crippen molar-refractivity contribution < 1.29 is 9.59 Å². The minimum Gasteiger partial charge on any atom is -0.318 e. The van der Waals surface area contributed by atoms with Crippen LogP contribution in [0, 0.1) is 27.7 Å². The van der Waals surface area contributed by atoms with E-state index in [-0.39, 0.29) is 16.6 Å². The van der Waals surface area contributed by atoms with Gasteiger partial charge in [-0.3, -0.25) is 19.8 Å². The Morgan fingerprint density at radius 2 is 1.71 bits per heavy atom. The summed E-state index contributed by atoms with van der Waals surface area (Å²) in [6.07, 6.45) is 1.65. The molecular formula is C21H22BrN3O2S. The molecule has 1 N–H and O–H groups in total. The molecule has 3 rings (SSSR count). The van der Waals surface area contributed by atoms with Crippen molar-refractivity contribution in [1.29, 1.82) is 0 Å². The number of likely N-dealkylation sites (N-methyl/N-ethyl adjacent to an activating group) is 1. The topological polar surface area (TPSA) is 54.3 Å². The van der Waals surface area contributed by atoms with E-state index in [0.717, 1.165) is 38.2 Å². The first-order chi connectivity index (χ1) is 13.1. The number of rotatable bonds is 3. The largest absolute Gasteiger partial charge is 0.318 e. The Kier molecular flexibility index (Phi) is 5.59. The molecule has 0 atom stereocenters. The second-order valence-electron chi connectivity index (χ2n) is 6.92. The Balaban J connectivity index is 2.10. The zero-order chi connectivity index (χ0) is 20.7. The number of carbonyl (C=O) groups excluding carboxylic acids is 2. The lowest BCUT2D eigenvalue weighted by Gasteiger charge is -2.27. The maximum atomic E-state index is 12.7. The first-order valence-corrected chi connectivity index (χ1v) is 10.2. The number of amides is 2. The highest BCUT2D eigenvalue weighted by atomic mass is 79.9. The molecule has 1 fully saturated rings. The maximum Gasteiger partial charge on any atom is 0.265 e. The van der Waals surface area contributed by atoms with E-state index in [9.17, 15) is 9.59 Å². The van der Waals surface area contributed by atoms with Gasteiger partial charge in [0.25, 0.3) is 11.8 Å². The van der Waals surface area contributed by atoms with Gasteiger partial charge in [-0.2, -0.15) is 0 Å². The number of thiocarbonyl (C=S) groups is 1. The van der Waals surface area contributed by atoms with Gasteiger partial charge in [0.05, 0.1) is 0 Å². The number of carbonyl (C=O) groups is 2. The Morgan fingerprint density at radius 3 is 2.29 bits per heavy atom. The lowest BCUT2D eigenvalue weighted by Crippen LogP contribution is -2.53. The predicted molar refractivity (Wildman–Crippen MR) is 119 cm³/mol. The Labute approximate surface area is 178 Å². The average molecular weight is 460 g/mol. The van der Waals surface area contributed by atoms with Crippen molar-refractivity contribution in [1.82, 2.24) is 14.8 Å². The molecule has 1 aliphatic rings. The summed E-state index contributed by atoms with van der Waals surface area (Å²) in [4.78, 5) is 26.4. The van der Waals surface area contributed by atoms with Gasteiger partial charge in [-0.25, -0.2) is 0 Å². The van der Waals surface area contributed by atoms with Crippen molar-refractivity contribution in [2.24, 2.45) is 0 Å². The van der Waals surface area contributed by atoms with E-state index in [1.807, 2.05) is 26.8 Å². The van der Waals surface area contributed by atoms with E-state index in [1.54, 1.807) is 6.08 Å². The third-order valence-corrected chi connectivity index (χ3v) is 6.52. The molecule has 1 aromatic carbocycles. The lowest BCUT2D eigenvalue weighted by molar-refractivity contribution is -0.128. The molecular weight excluding hydrogens is 438 g/mol. The third-order valence-electron chi connectivity index (χ3n) is 4.95. The molecule has 1 aliphatic heterocycles. The highest BCUT2D eigenvalue weighted by Crippen LogP contribution is 2.28. The number of aromatic nitrogens is 1. The molecule has 1 aromatic heterocycles. The fourth-order valence-corrected chi connectivity index (χ4v) is 4.05. The van der Waals surface area contributed by atoms with Crippen LogP contribution in [-0.4, -0.2) is 32.9 Å². The molecule has 7 heteroatoms. The molecule has 0 aliphatic carbocycles. The van der Waals surface area contributed by atoms with Gasteiger partial charge in [-0.1, -0.05) is 15.9 Å². The van der Waals surface area contributed by atoms with Gasteiger partial charge in [0.1, 0.15) is 5.57 Å². The van der Waals surface area contributed by atoms with Gasteiger partial charge >= 0.3 is 0 Å². The van der Waals surface area contributed by atoms with Gasteiger partial charge in [-0.05, 0) is 87.8 Å². The second kappa shape index (κ2) is 7.64. The standard InChI is InChI=1S/C21H22BrN3O2S/c1-6-24-20(27)17(19(26)23-21(24)28)10-15-9-13(4)25(14(15)5)16-7-11(2)18(22)12(3)8-16/h7-10H,6H2,1-5H3,(H,23,26,28)/b17-10+. The highest BCUT2D eigenvalue weighted by Gasteiger charge is 2.32. The van der Waals surface area contributed by atoms with E-state index in [2.05, 4.69) is 51.8 Å². The Bertz CT molecular complexity index is 1030. The van der Waals surface area contributed by atoms with Crippen molar-refractivity contribution in [2.45, 2.75) is 34.6 Å². The molecule has 146 valence electrons. The molecule has 28 heavy (non-hydrogen) atoms. The van der Waals surface area contributed by atoms with Crippen molar-refractivity contribution in [3.8, 4) is 5.69 Å². The minimum absolute atomic E-state index is 0.0962. The summed E-state index contributed by atoms with van der Waals surface area (Å²) in [6.45, 7) is 10.3. The average Bonchev–Trinajstić information content (AvgIpc) is 2.89. The number of hydrogen-bond donors (Lipinski definition) is 1. The van der Waals surface area contributed by atoms with Gasteiger partial charge in [-0.15, -0.1) is 0 Å². The van der Waals surface area contributed by atoms with Crippen LogP contribution in [0.5, 0.6) is 0 Å². The number of hydrogen-bond acceptors (Lipinski definition) is 3. The molecule has 5 nitrogen and oxygen atoms in total. The molecule has 2 aromatic rings. The quantitative estimate of drug-likeness (QED) is 0.426. The van der Waals surface area contributed by atoms with Gasteiger partial charge in [0, 0.05) is 28.1 Å². The molecule has 0 saturated carbocycles. The van der Waals surface area contributed by atoms with Crippen molar-refractivity contribution in [3.63, 3.8) is 0 Å².